The van der Waals surface area contributed by atoms with Crippen molar-refractivity contribution in [2.75, 3.05) is 11.1 Å². The zero-order valence-corrected chi connectivity index (χ0v) is 12.1. The molecule has 0 radical (unpaired) electrons. The first kappa shape index (κ1) is 14.5. The fourth-order valence-corrected chi connectivity index (χ4v) is 2.09. The van der Waals surface area contributed by atoms with Gasteiger partial charge in [-0.25, -0.2) is 8.78 Å². The van der Waals surface area contributed by atoms with Crippen LogP contribution in [0.4, 0.5) is 20.2 Å². The Morgan fingerprint density at radius 1 is 1.25 bits per heavy atom. The van der Waals surface area contributed by atoms with Gasteiger partial charge in [0.25, 0.3) is 5.91 Å². The van der Waals surface area contributed by atoms with E-state index in [9.17, 15) is 18.7 Å². The number of nitrogens with two attached hydrogens (primary N) is 1. The maximum absolute atomic E-state index is 13.6. The number of benzene rings is 2. The number of phenols is 1. The molecule has 0 atom stereocenters. The molecule has 1 amide bonds. The second-order valence-corrected chi connectivity index (χ2v) is 5.21. The summed E-state index contributed by atoms with van der Waals surface area (Å²) < 4.78 is 27.2. The Morgan fingerprint density at radius 2 is 1.95 bits per heavy atom. The zero-order valence-electron chi connectivity index (χ0n) is 9.95. The van der Waals surface area contributed by atoms with E-state index in [1.165, 1.54) is 12.1 Å². The minimum atomic E-state index is -0.985. The van der Waals surface area contributed by atoms with Gasteiger partial charge in [0.1, 0.15) is 17.3 Å². The van der Waals surface area contributed by atoms with Gasteiger partial charge in [-0.3, -0.25) is 4.79 Å². The molecule has 0 aliphatic rings. The summed E-state index contributed by atoms with van der Waals surface area (Å²) in [6.07, 6.45) is 0. The van der Waals surface area contributed by atoms with Crippen LogP contribution < -0.4 is 11.1 Å². The van der Waals surface area contributed by atoms with Gasteiger partial charge < -0.3 is 16.2 Å². The molecule has 20 heavy (non-hydrogen) atoms. The van der Waals surface area contributed by atoms with Crippen molar-refractivity contribution < 1.29 is 18.7 Å². The molecule has 104 valence electrons. The zero-order chi connectivity index (χ0) is 14.9. The molecule has 0 spiro atoms. The SMILES string of the molecule is Nc1cc(F)cc(F)c1NC(=O)c1cc(I)ccc1O. The molecular formula is C13H9F2IN2O2. The smallest absolute Gasteiger partial charge is 0.259 e. The molecule has 0 fully saturated rings. The van der Waals surface area contributed by atoms with Crippen LogP contribution in [-0.4, -0.2) is 11.0 Å². The topological polar surface area (TPSA) is 75.3 Å². The summed E-state index contributed by atoms with van der Waals surface area (Å²) in [7, 11) is 0. The van der Waals surface area contributed by atoms with Crippen LogP contribution in [0.25, 0.3) is 0 Å². The molecular weight excluding hydrogens is 381 g/mol. The minimum absolute atomic E-state index is 0.0278. The fraction of sp³-hybridized carbons (Fsp3) is 0. The molecule has 0 aliphatic heterocycles. The molecule has 4 nitrogen and oxygen atoms in total. The van der Waals surface area contributed by atoms with Gasteiger partial charge in [-0.2, -0.15) is 0 Å². The Bertz CT molecular complexity index is 669. The van der Waals surface area contributed by atoms with Crippen LogP contribution in [0.2, 0.25) is 0 Å². The third kappa shape index (κ3) is 2.98. The van der Waals surface area contributed by atoms with Crippen LogP contribution in [0.3, 0.4) is 0 Å². The van der Waals surface area contributed by atoms with Crippen LogP contribution in [0.1, 0.15) is 10.4 Å². The van der Waals surface area contributed by atoms with Crippen LogP contribution in [-0.2, 0) is 0 Å². The number of hydrogen-bond acceptors (Lipinski definition) is 3. The Morgan fingerprint density at radius 3 is 2.60 bits per heavy atom. The number of amides is 1. The lowest BCUT2D eigenvalue weighted by molar-refractivity contribution is 0.102. The van der Waals surface area contributed by atoms with Crippen molar-refractivity contribution in [3.8, 4) is 5.75 Å². The largest absolute Gasteiger partial charge is 0.507 e. The van der Waals surface area contributed by atoms with Crippen LogP contribution in [0.5, 0.6) is 5.75 Å². The molecule has 0 saturated heterocycles. The summed E-state index contributed by atoms with van der Waals surface area (Å²) >= 11 is 1.96. The highest BCUT2D eigenvalue weighted by Crippen LogP contribution is 2.26. The summed E-state index contributed by atoms with van der Waals surface area (Å²) in [5.74, 6) is -2.81. The molecule has 0 aliphatic carbocycles. The van der Waals surface area contributed by atoms with Crippen LogP contribution in [0.15, 0.2) is 30.3 Å². The van der Waals surface area contributed by atoms with Crippen molar-refractivity contribution in [1.82, 2.24) is 0 Å². The predicted octanol–water partition coefficient (Wildman–Crippen LogP) is 3.11. The molecule has 0 heterocycles. The van der Waals surface area contributed by atoms with Crippen LogP contribution in [0, 0.1) is 15.2 Å². The summed E-state index contributed by atoms with van der Waals surface area (Å²) in [6.45, 7) is 0. The van der Waals surface area contributed by atoms with E-state index in [2.05, 4.69) is 5.32 Å². The summed E-state index contributed by atoms with van der Waals surface area (Å²) in [5, 5.41) is 11.8. The maximum Gasteiger partial charge on any atom is 0.259 e. The second-order valence-electron chi connectivity index (χ2n) is 3.97. The number of phenolic OH excluding ortho intramolecular Hbond substituents is 1. The number of anilines is 2. The number of carbonyl (C=O) groups excluding carboxylic acids is 1. The Kier molecular flexibility index (Phi) is 4.07. The fourth-order valence-electron chi connectivity index (χ4n) is 1.60. The first-order chi connectivity index (χ1) is 9.38. The standard InChI is InChI=1S/C13H9F2IN2O2/c14-6-3-9(15)12(10(17)4-6)18-13(20)8-5-7(16)1-2-11(8)19/h1-5,19H,17H2,(H,18,20). The maximum atomic E-state index is 13.6. The normalized spacial score (nSPS) is 10.3. The van der Waals surface area contributed by atoms with E-state index in [-0.39, 0.29) is 22.7 Å². The van der Waals surface area contributed by atoms with E-state index in [1.54, 1.807) is 6.07 Å². The molecule has 2 aromatic carbocycles. The molecule has 7 heteroatoms. The van der Waals surface area contributed by atoms with Gasteiger partial charge in [0, 0.05) is 9.64 Å². The number of hydrogen-bond donors (Lipinski definition) is 3. The van der Waals surface area contributed by atoms with Gasteiger partial charge in [0.05, 0.1) is 11.3 Å². The van der Waals surface area contributed by atoms with Crippen molar-refractivity contribution >= 4 is 39.9 Å². The Hall–Kier alpha value is -1.90. The Labute approximate surface area is 126 Å². The highest BCUT2D eigenvalue weighted by molar-refractivity contribution is 14.1. The number of aromatic hydroxyl groups is 1. The molecule has 2 aromatic rings. The van der Waals surface area contributed by atoms with Crippen molar-refractivity contribution in [3.63, 3.8) is 0 Å². The number of nitrogens with one attached hydrogen (secondary N) is 1. The molecule has 4 N–H and O–H groups in total. The van der Waals surface area contributed by atoms with E-state index < -0.39 is 17.5 Å². The number of halogens is 3. The predicted molar refractivity (Wildman–Crippen MR) is 79.5 cm³/mol. The molecule has 0 aromatic heterocycles. The Balaban J connectivity index is 2.35. The number of carbonyl (C=O) groups is 1. The second kappa shape index (κ2) is 5.61. The van der Waals surface area contributed by atoms with Gasteiger partial charge >= 0.3 is 0 Å². The number of nitrogen functional groups attached to an aromatic ring is 1. The van der Waals surface area contributed by atoms with Gasteiger partial charge in [0.2, 0.25) is 0 Å². The van der Waals surface area contributed by atoms with Gasteiger partial charge in [0.15, 0.2) is 5.82 Å². The monoisotopic (exact) mass is 390 g/mol. The minimum Gasteiger partial charge on any atom is -0.507 e. The third-order valence-electron chi connectivity index (χ3n) is 2.53. The van der Waals surface area contributed by atoms with E-state index in [0.29, 0.717) is 6.07 Å². The molecule has 0 bridgehead atoms. The highest BCUT2D eigenvalue weighted by atomic mass is 127. The molecule has 0 unspecified atom stereocenters. The lowest BCUT2D eigenvalue weighted by Crippen LogP contribution is -2.15. The van der Waals surface area contributed by atoms with E-state index in [1.807, 2.05) is 22.6 Å². The van der Waals surface area contributed by atoms with Gasteiger partial charge in [-0.15, -0.1) is 0 Å². The summed E-state index contributed by atoms with van der Waals surface area (Å²) in [4.78, 5) is 12.0. The van der Waals surface area contributed by atoms with E-state index >= 15 is 0 Å². The first-order valence-corrected chi connectivity index (χ1v) is 6.50. The average molecular weight is 390 g/mol. The van der Waals surface area contributed by atoms with Crippen molar-refractivity contribution in [2.24, 2.45) is 0 Å². The number of rotatable bonds is 2. The van der Waals surface area contributed by atoms with E-state index in [0.717, 1.165) is 9.64 Å². The average Bonchev–Trinajstić information content (AvgIpc) is 2.36. The highest BCUT2D eigenvalue weighted by Gasteiger charge is 2.16. The summed E-state index contributed by atoms with van der Waals surface area (Å²) in [5.41, 5.74) is 4.87. The molecule has 2 rings (SSSR count). The van der Waals surface area contributed by atoms with Crippen molar-refractivity contribution in [3.05, 3.63) is 51.1 Å². The van der Waals surface area contributed by atoms with Crippen molar-refractivity contribution in [2.45, 2.75) is 0 Å². The molecule has 0 saturated carbocycles. The van der Waals surface area contributed by atoms with E-state index in [4.69, 9.17) is 5.73 Å². The van der Waals surface area contributed by atoms with Crippen molar-refractivity contribution in [1.29, 1.82) is 0 Å². The van der Waals surface area contributed by atoms with Gasteiger partial charge in [-0.05, 0) is 46.9 Å². The van der Waals surface area contributed by atoms with Crippen LogP contribution >= 0.6 is 22.6 Å². The summed E-state index contributed by atoms with van der Waals surface area (Å²) in [6, 6.07) is 5.90. The lowest BCUT2D eigenvalue weighted by atomic mass is 10.1. The quantitative estimate of drug-likeness (QED) is 0.545. The van der Waals surface area contributed by atoms with Gasteiger partial charge in [-0.1, -0.05) is 0 Å². The first-order valence-electron chi connectivity index (χ1n) is 5.43. The lowest BCUT2D eigenvalue weighted by Gasteiger charge is -2.10. The third-order valence-corrected chi connectivity index (χ3v) is 3.20.